The van der Waals surface area contributed by atoms with Crippen molar-refractivity contribution in [2.24, 2.45) is 0 Å². The molecule has 19 heavy (non-hydrogen) atoms. The van der Waals surface area contributed by atoms with Crippen LogP contribution in [-0.4, -0.2) is 19.8 Å². The van der Waals surface area contributed by atoms with Crippen molar-refractivity contribution in [1.29, 1.82) is 0 Å². The molecule has 0 fully saturated rings. The normalized spacial score (nSPS) is 14.4. The molecule has 2 nitrogen and oxygen atoms in total. The van der Waals surface area contributed by atoms with E-state index in [1.54, 1.807) is 7.05 Å². The first-order valence-electron chi connectivity index (χ1n) is 6.49. The minimum Gasteiger partial charge on any atom is -0.377 e. The summed E-state index contributed by atoms with van der Waals surface area (Å²) in [5.41, 5.74) is 0.0313. The van der Waals surface area contributed by atoms with Crippen LogP contribution in [0.2, 0.25) is 0 Å². The molecule has 0 aliphatic carbocycles. The van der Waals surface area contributed by atoms with Gasteiger partial charge in [0.25, 0.3) is 0 Å². The maximum absolute atomic E-state index is 14.2. The standard InChI is InChI=1S/C14H20BrF2NO/c1-4-6-11(19-5-2)14(18-3)12-10(16)8-7-9(15)13(12)17/h7-8,11,14,18H,4-6H2,1-3H3. The molecular formula is C14H20BrF2NO. The van der Waals surface area contributed by atoms with Crippen LogP contribution in [0.4, 0.5) is 8.78 Å². The lowest BCUT2D eigenvalue weighted by molar-refractivity contribution is 0.0277. The van der Waals surface area contributed by atoms with Gasteiger partial charge >= 0.3 is 0 Å². The second-order valence-corrected chi connectivity index (χ2v) is 5.16. The molecule has 108 valence electrons. The number of rotatable bonds is 7. The Bertz CT molecular complexity index is 409. The number of hydrogen-bond acceptors (Lipinski definition) is 2. The number of halogens is 3. The van der Waals surface area contributed by atoms with E-state index in [1.807, 2.05) is 13.8 Å². The lowest BCUT2D eigenvalue weighted by Gasteiger charge is -2.27. The fraction of sp³-hybridized carbons (Fsp3) is 0.571. The van der Waals surface area contributed by atoms with Crippen molar-refractivity contribution >= 4 is 15.9 Å². The fourth-order valence-electron chi connectivity index (χ4n) is 2.19. The zero-order valence-corrected chi connectivity index (χ0v) is 13.1. The van der Waals surface area contributed by atoms with Crippen LogP contribution in [0.1, 0.15) is 38.3 Å². The van der Waals surface area contributed by atoms with Crippen LogP contribution in [-0.2, 0) is 4.74 Å². The van der Waals surface area contributed by atoms with Crippen molar-refractivity contribution in [3.05, 3.63) is 33.8 Å². The van der Waals surface area contributed by atoms with Gasteiger partial charge in [-0.2, -0.15) is 0 Å². The Morgan fingerprint density at radius 1 is 1.32 bits per heavy atom. The molecule has 0 spiro atoms. The lowest BCUT2D eigenvalue weighted by Crippen LogP contribution is -2.33. The molecule has 0 aliphatic rings. The molecule has 2 atom stereocenters. The number of likely N-dealkylation sites (N-methyl/N-ethyl adjacent to an activating group) is 1. The Morgan fingerprint density at radius 3 is 2.53 bits per heavy atom. The zero-order chi connectivity index (χ0) is 14.4. The second kappa shape index (κ2) is 7.92. The highest BCUT2D eigenvalue weighted by Gasteiger charge is 2.28. The van der Waals surface area contributed by atoms with Crippen LogP contribution < -0.4 is 5.32 Å². The minimum absolute atomic E-state index is 0.0313. The molecular weight excluding hydrogens is 316 g/mol. The van der Waals surface area contributed by atoms with Gasteiger partial charge in [-0.3, -0.25) is 0 Å². The summed E-state index contributed by atoms with van der Waals surface area (Å²) in [4.78, 5) is 0. The Hall–Kier alpha value is -0.520. The maximum atomic E-state index is 14.2. The Morgan fingerprint density at radius 2 is 2.00 bits per heavy atom. The van der Waals surface area contributed by atoms with E-state index >= 15 is 0 Å². The second-order valence-electron chi connectivity index (χ2n) is 4.31. The molecule has 1 N–H and O–H groups in total. The average molecular weight is 336 g/mol. The third-order valence-electron chi connectivity index (χ3n) is 3.03. The largest absolute Gasteiger partial charge is 0.377 e. The molecule has 0 aromatic heterocycles. The third kappa shape index (κ3) is 3.97. The molecule has 1 aromatic carbocycles. The van der Waals surface area contributed by atoms with E-state index in [0.717, 1.165) is 12.8 Å². The highest BCUT2D eigenvalue weighted by Crippen LogP contribution is 2.30. The molecule has 5 heteroatoms. The van der Waals surface area contributed by atoms with Crippen molar-refractivity contribution in [2.75, 3.05) is 13.7 Å². The summed E-state index contributed by atoms with van der Waals surface area (Å²) in [7, 11) is 1.69. The van der Waals surface area contributed by atoms with E-state index in [-0.39, 0.29) is 16.1 Å². The van der Waals surface area contributed by atoms with Crippen LogP contribution in [0, 0.1) is 11.6 Å². The highest BCUT2D eigenvalue weighted by molar-refractivity contribution is 9.10. The van der Waals surface area contributed by atoms with Gasteiger partial charge < -0.3 is 10.1 Å². The molecule has 1 rings (SSSR count). The fourth-order valence-corrected chi connectivity index (χ4v) is 2.53. The first-order valence-corrected chi connectivity index (χ1v) is 7.28. The monoisotopic (exact) mass is 335 g/mol. The quantitative estimate of drug-likeness (QED) is 0.754. The van der Waals surface area contributed by atoms with Gasteiger partial charge in [-0.15, -0.1) is 0 Å². The summed E-state index contributed by atoms with van der Waals surface area (Å²) in [6.07, 6.45) is 1.38. The predicted octanol–water partition coefficient (Wildman–Crippen LogP) is 4.19. The maximum Gasteiger partial charge on any atom is 0.145 e. The summed E-state index contributed by atoms with van der Waals surface area (Å²) >= 11 is 3.09. The summed E-state index contributed by atoms with van der Waals surface area (Å²) in [5, 5.41) is 2.97. The molecule has 0 heterocycles. The van der Waals surface area contributed by atoms with Crippen molar-refractivity contribution in [2.45, 2.75) is 38.8 Å². The molecule has 0 radical (unpaired) electrons. The van der Waals surface area contributed by atoms with Gasteiger partial charge in [0, 0.05) is 12.2 Å². The molecule has 0 bridgehead atoms. The SMILES string of the molecule is CCCC(OCC)C(NC)c1c(F)ccc(Br)c1F. The average Bonchev–Trinajstić information content (AvgIpc) is 2.39. The van der Waals surface area contributed by atoms with Gasteiger partial charge in [0.1, 0.15) is 11.6 Å². The van der Waals surface area contributed by atoms with Gasteiger partial charge in [0.05, 0.1) is 16.6 Å². The van der Waals surface area contributed by atoms with E-state index < -0.39 is 17.7 Å². The van der Waals surface area contributed by atoms with E-state index in [9.17, 15) is 8.78 Å². The molecule has 1 aromatic rings. The van der Waals surface area contributed by atoms with Crippen molar-refractivity contribution < 1.29 is 13.5 Å². The van der Waals surface area contributed by atoms with Crippen LogP contribution in [0.3, 0.4) is 0 Å². The number of benzene rings is 1. The smallest absolute Gasteiger partial charge is 0.145 e. The van der Waals surface area contributed by atoms with E-state index in [1.165, 1.54) is 12.1 Å². The van der Waals surface area contributed by atoms with Gasteiger partial charge in [-0.1, -0.05) is 13.3 Å². The van der Waals surface area contributed by atoms with E-state index in [4.69, 9.17) is 4.74 Å². The molecule has 0 amide bonds. The van der Waals surface area contributed by atoms with Crippen LogP contribution >= 0.6 is 15.9 Å². The van der Waals surface area contributed by atoms with Crippen molar-refractivity contribution in [1.82, 2.24) is 5.32 Å². The zero-order valence-electron chi connectivity index (χ0n) is 11.5. The minimum atomic E-state index is -0.569. The summed E-state index contributed by atoms with van der Waals surface area (Å²) in [6, 6.07) is 2.13. The third-order valence-corrected chi connectivity index (χ3v) is 3.64. The van der Waals surface area contributed by atoms with Crippen molar-refractivity contribution in [3.8, 4) is 0 Å². The molecule has 0 saturated carbocycles. The highest BCUT2D eigenvalue weighted by atomic mass is 79.9. The Kier molecular flexibility index (Phi) is 6.89. The molecule has 2 unspecified atom stereocenters. The molecule has 0 saturated heterocycles. The van der Waals surface area contributed by atoms with E-state index in [2.05, 4.69) is 21.2 Å². The van der Waals surface area contributed by atoms with Gasteiger partial charge in [0.15, 0.2) is 0 Å². The number of nitrogens with one attached hydrogen (secondary N) is 1. The topological polar surface area (TPSA) is 21.3 Å². The Balaban J connectivity index is 3.17. The number of hydrogen-bond donors (Lipinski definition) is 1. The van der Waals surface area contributed by atoms with Crippen LogP contribution in [0.15, 0.2) is 16.6 Å². The van der Waals surface area contributed by atoms with Crippen molar-refractivity contribution in [3.63, 3.8) is 0 Å². The van der Waals surface area contributed by atoms with Gasteiger partial charge in [-0.05, 0) is 48.5 Å². The summed E-state index contributed by atoms with van der Waals surface area (Å²) in [6.45, 7) is 4.41. The van der Waals surface area contributed by atoms with Crippen LogP contribution in [0.25, 0.3) is 0 Å². The number of ether oxygens (including phenoxy) is 1. The summed E-state index contributed by atoms with van der Waals surface area (Å²) < 4.78 is 34.0. The predicted molar refractivity (Wildman–Crippen MR) is 76.2 cm³/mol. The van der Waals surface area contributed by atoms with E-state index in [0.29, 0.717) is 6.61 Å². The molecule has 0 aliphatic heterocycles. The van der Waals surface area contributed by atoms with Crippen LogP contribution in [0.5, 0.6) is 0 Å². The summed E-state index contributed by atoms with van der Waals surface area (Å²) in [5.74, 6) is -1.12. The first kappa shape index (κ1) is 16.5. The lowest BCUT2D eigenvalue weighted by atomic mass is 9.97. The first-order chi connectivity index (χ1) is 9.06. The van der Waals surface area contributed by atoms with Gasteiger partial charge in [0.2, 0.25) is 0 Å². The van der Waals surface area contributed by atoms with Gasteiger partial charge in [-0.25, -0.2) is 8.78 Å². The Labute approximate surface area is 121 Å².